The van der Waals surface area contributed by atoms with Gasteiger partial charge in [-0.1, -0.05) is 24.3 Å². The van der Waals surface area contributed by atoms with Crippen LogP contribution in [0.4, 0.5) is 20.2 Å². The second-order valence-electron chi connectivity index (χ2n) is 6.51. The van der Waals surface area contributed by atoms with Gasteiger partial charge in [0, 0.05) is 11.6 Å². The van der Waals surface area contributed by atoms with Crippen molar-refractivity contribution in [3.05, 3.63) is 66.4 Å². The summed E-state index contributed by atoms with van der Waals surface area (Å²) in [5.74, 6) is -3.30. The third-order valence-electron chi connectivity index (χ3n) is 4.22. The van der Waals surface area contributed by atoms with Crippen LogP contribution in [-0.2, 0) is 9.59 Å². The maximum Gasteiger partial charge on any atom is 0.239 e. The molecule has 27 heavy (non-hydrogen) atoms. The van der Waals surface area contributed by atoms with Crippen LogP contribution in [0.25, 0.3) is 10.9 Å². The number of anilines is 2. The normalized spacial score (nSPS) is 11.3. The molecule has 2 aromatic carbocycles. The van der Waals surface area contributed by atoms with Gasteiger partial charge in [-0.15, -0.1) is 0 Å². The number of nitrogens with one attached hydrogen (secondary N) is 2. The molecule has 2 amide bonds. The van der Waals surface area contributed by atoms with Crippen LogP contribution in [-0.4, -0.2) is 16.8 Å². The van der Waals surface area contributed by atoms with Crippen LogP contribution in [0.5, 0.6) is 0 Å². The number of para-hydroxylation sites is 2. The van der Waals surface area contributed by atoms with Gasteiger partial charge in [0.15, 0.2) is 0 Å². The van der Waals surface area contributed by atoms with Crippen molar-refractivity contribution in [3.8, 4) is 0 Å². The molecule has 0 fully saturated rings. The summed E-state index contributed by atoms with van der Waals surface area (Å²) in [6.07, 6.45) is 1.59. The zero-order valence-electron chi connectivity index (χ0n) is 14.7. The van der Waals surface area contributed by atoms with E-state index in [0.29, 0.717) is 11.2 Å². The molecule has 0 saturated heterocycles. The summed E-state index contributed by atoms with van der Waals surface area (Å²) in [5, 5.41) is 5.65. The molecule has 0 unspecified atom stereocenters. The van der Waals surface area contributed by atoms with Crippen LogP contribution >= 0.6 is 0 Å². The number of hydrogen-bond acceptors (Lipinski definition) is 3. The summed E-state index contributed by atoms with van der Waals surface area (Å²) in [4.78, 5) is 29.4. The lowest BCUT2D eigenvalue weighted by atomic mass is 9.90. The van der Waals surface area contributed by atoms with E-state index in [9.17, 15) is 18.4 Å². The van der Waals surface area contributed by atoms with E-state index in [2.05, 4.69) is 15.6 Å². The number of halogens is 2. The Hall–Kier alpha value is -3.35. The molecule has 0 bridgehead atoms. The first-order valence-electron chi connectivity index (χ1n) is 8.21. The number of rotatable bonds is 4. The quantitative estimate of drug-likeness (QED) is 0.680. The number of carbonyl (C=O) groups is 2. The first kappa shape index (κ1) is 18.4. The van der Waals surface area contributed by atoms with Gasteiger partial charge in [-0.25, -0.2) is 8.78 Å². The van der Waals surface area contributed by atoms with Crippen LogP contribution in [0, 0.1) is 17.0 Å². The minimum Gasteiger partial charge on any atom is -0.323 e. The average Bonchev–Trinajstić information content (AvgIpc) is 2.65. The van der Waals surface area contributed by atoms with Gasteiger partial charge in [0.25, 0.3) is 0 Å². The minimum atomic E-state index is -1.59. The average molecular weight is 369 g/mol. The fourth-order valence-electron chi connectivity index (χ4n) is 2.47. The monoisotopic (exact) mass is 369 g/mol. The Balaban J connectivity index is 1.83. The second-order valence-corrected chi connectivity index (χ2v) is 6.51. The number of aromatic nitrogens is 1. The van der Waals surface area contributed by atoms with Crippen LogP contribution < -0.4 is 10.6 Å². The molecule has 0 aliphatic heterocycles. The van der Waals surface area contributed by atoms with E-state index in [-0.39, 0.29) is 0 Å². The zero-order chi connectivity index (χ0) is 19.6. The van der Waals surface area contributed by atoms with Crippen molar-refractivity contribution in [2.45, 2.75) is 13.8 Å². The number of pyridine rings is 1. The van der Waals surface area contributed by atoms with E-state index < -0.39 is 34.6 Å². The van der Waals surface area contributed by atoms with Crippen LogP contribution in [0.1, 0.15) is 13.8 Å². The van der Waals surface area contributed by atoms with Crippen molar-refractivity contribution in [2.75, 3.05) is 10.6 Å². The highest BCUT2D eigenvalue weighted by Gasteiger charge is 2.37. The molecule has 138 valence electrons. The van der Waals surface area contributed by atoms with Crippen molar-refractivity contribution in [1.29, 1.82) is 0 Å². The van der Waals surface area contributed by atoms with Gasteiger partial charge in [-0.05, 0) is 38.1 Å². The lowest BCUT2D eigenvalue weighted by molar-refractivity contribution is -0.135. The fourth-order valence-corrected chi connectivity index (χ4v) is 2.47. The minimum absolute atomic E-state index is 0.441. The van der Waals surface area contributed by atoms with Gasteiger partial charge in [0.05, 0.1) is 11.2 Å². The van der Waals surface area contributed by atoms with Crippen molar-refractivity contribution < 1.29 is 18.4 Å². The highest BCUT2D eigenvalue weighted by Crippen LogP contribution is 2.26. The van der Waals surface area contributed by atoms with Gasteiger partial charge in [-0.3, -0.25) is 14.6 Å². The molecule has 0 spiro atoms. The van der Waals surface area contributed by atoms with E-state index in [4.69, 9.17) is 0 Å². The Morgan fingerprint density at radius 3 is 2.19 bits per heavy atom. The summed E-state index contributed by atoms with van der Waals surface area (Å²) in [7, 11) is 0. The van der Waals surface area contributed by atoms with Gasteiger partial charge in [-0.2, -0.15) is 0 Å². The van der Waals surface area contributed by atoms with Crippen LogP contribution in [0.2, 0.25) is 0 Å². The Labute approximate surface area is 154 Å². The molecule has 3 aromatic rings. The number of nitrogens with zero attached hydrogens (tertiary/aromatic N) is 1. The molecule has 2 N–H and O–H groups in total. The standard InChI is InChI=1S/C20H17F2N3O2/c1-20(2,19(27)25-17-13(21)8-4-9-14(17)22)18(26)24-15-10-3-6-12-7-5-11-23-16(12)15/h3-11H,1-2H3,(H,24,26)(H,25,27). The molecule has 1 heterocycles. The Bertz CT molecular complexity index is 1010. The molecular weight excluding hydrogens is 352 g/mol. The molecule has 0 aliphatic rings. The summed E-state index contributed by atoms with van der Waals surface area (Å²) in [6, 6.07) is 12.1. The van der Waals surface area contributed by atoms with E-state index >= 15 is 0 Å². The topological polar surface area (TPSA) is 71.1 Å². The predicted molar refractivity (Wildman–Crippen MR) is 99.1 cm³/mol. The van der Waals surface area contributed by atoms with E-state index in [1.165, 1.54) is 19.9 Å². The summed E-state index contributed by atoms with van der Waals surface area (Å²) < 4.78 is 27.5. The predicted octanol–water partition coefficient (Wildman–Crippen LogP) is 4.12. The SMILES string of the molecule is CC(C)(C(=O)Nc1c(F)cccc1F)C(=O)Nc1cccc2cccnc12. The number of hydrogen-bond donors (Lipinski definition) is 2. The molecule has 0 atom stereocenters. The molecule has 0 radical (unpaired) electrons. The Kier molecular flexibility index (Phi) is 4.85. The van der Waals surface area contributed by atoms with E-state index in [0.717, 1.165) is 17.5 Å². The lowest BCUT2D eigenvalue weighted by Gasteiger charge is -2.23. The second kappa shape index (κ2) is 7.11. The molecule has 1 aromatic heterocycles. The highest BCUT2D eigenvalue weighted by atomic mass is 19.1. The van der Waals surface area contributed by atoms with E-state index in [1.807, 2.05) is 12.1 Å². The summed E-state index contributed by atoms with van der Waals surface area (Å²) >= 11 is 0. The van der Waals surface area contributed by atoms with Crippen LogP contribution in [0.3, 0.4) is 0 Å². The molecular formula is C20H17F2N3O2. The molecule has 0 saturated carbocycles. The number of fused-ring (bicyclic) bond motifs is 1. The zero-order valence-corrected chi connectivity index (χ0v) is 14.7. The summed E-state index contributed by atoms with van der Waals surface area (Å²) in [5.41, 5.74) is -1.16. The number of benzene rings is 2. The van der Waals surface area contributed by atoms with Gasteiger partial charge < -0.3 is 10.6 Å². The molecule has 7 heteroatoms. The highest BCUT2D eigenvalue weighted by molar-refractivity contribution is 6.15. The van der Waals surface area contributed by atoms with Crippen molar-refractivity contribution in [2.24, 2.45) is 5.41 Å². The fraction of sp³-hybridized carbons (Fsp3) is 0.150. The Morgan fingerprint density at radius 1 is 0.889 bits per heavy atom. The Morgan fingerprint density at radius 2 is 1.48 bits per heavy atom. The molecule has 3 rings (SSSR count). The first-order valence-corrected chi connectivity index (χ1v) is 8.21. The molecule has 5 nitrogen and oxygen atoms in total. The maximum absolute atomic E-state index is 13.8. The largest absolute Gasteiger partial charge is 0.323 e. The smallest absolute Gasteiger partial charge is 0.239 e. The van der Waals surface area contributed by atoms with Crippen LogP contribution in [0.15, 0.2) is 54.7 Å². The van der Waals surface area contributed by atoms with Crippen molar-refractivity contribution in [3.63, 3.8) is 0 Å². The summed E-state index contributed by atoms with van der Waals surface area (Å²) in [6.45, 7) is 2.74. The third-order valence-corrected chi connectivity index (χ3v) is 4.22. The first-order chi connectivity index (χ1) is 12.8. The van der Waals surface area contributed by atoms with Gasteiger partial charge >= 0.3 is 0 Å². The van der Waals surface area contributed by atoms with Gasteiger partial charge in [0.2, 0.25) is 11.8 Å². The van der Waals surface area contributed by atoms with Crippen molar-refractivity contribution >= 4 is 34.1 Å². The van der Waals surface area contributed by atoms with Crippen molar-refractivity contribution in [1.82, 2.24) is 4.98 Å². The lowest BCUT2D eigenvalue weighted by Crippen LogP contribution is -2.42. The van der Waals surface area contributed by atoms with E-state index in [1.54, 1.807) is 24.4 Å². The van der Waals surface area contributed by atoms with Gasteiger partial charge in [0.1, 0.15) is 22.7 Å². The number of carbonyl (C=O) groups excluding carboxylic acids is 2. The third kappa shape index (κ3) is 3.62. The molecule has 0 aliphatic carbocycles. The maximum atomic E-state index is 13.8. The number of amides is 2.